The second-order valence-corrected chi connectivity index (χ2v) is 11.9. The Balaban J connectivity index is 1.38. The van der Waals surface area contributed by atoms with E-state index in [1.165, 1.54) is 4.90 Å². The van der Waals surface area contributed by atoms with E-state index in [0.717, 1.165) is 22.5 Å². The molecule has 2 N–H and O–H groups in total. The number of ether oxygens (including phenoxy) is 1. The molecule has 2 saturated heterocycles. The van der Waals surface area contributed by atoms with Gasteiger partial charge in [-0.3, -0.25) is 9.59 Å². The number of rotatable bonds is 8. The molecule has 3 heterocycles. The van der Waals surface area contributed by atoms with Crippen LogP contribution in [0, 0.1) is 17.2 Å². The van der Waals surface area contributed by atoms with E-state index < -0.39 is 17.5 Å². The summed E-state index contributed by atoms with van der Waals surface area (Å²) in [6.07, 6.45) is -0.171. The number of carbonyl (C=O) groups is 3. The number of amides is 3. The summed E-state index contributed by atoms with van der Waals surface area (Å²) < 4.78 is 6.31. The minimum Gasteiger partial charge on any atom is -0.465 e. The van der Waals surface area contributed by atoms with E-state index in [1.807, 2.05) is 43.3 Å². The lowest BCUT2D eigenvalue weighted by Gasteiger charge is -2.36. The fourth-order valence-electron chi connectivity index (χ4n) is 5.51. The molecule has 2 aromatic carbocycles. The Morgan fingerprint density at radius 1 is 1.11 bits per heavy atom. The van der Waals surface area contributed by atoms with E-state index in [0.29, 0.717) is 31.0 Å². The van der Waals surface area contributed by atoms with Crippen LogP contribution in [0.15, 0.2) is 54.6 Å². The van der Waals surface area contributed by atoms with Crippen LogP contribution in [0.4, 0.5) is 4.79 Å². The van der Waals surface area contributed by atoms with Gasteiger partial charge < -0.3 is 25.0 Å². The molecule has 3 amide bonds. The van der Waals surface area contributed by atoms with Crippen molar-refractivity contribution in [3.63, 3.8) is 0 Å². The van der Waals surface area contributed by atoms with E-state index in [9.17, 15) is 24.8 Å². The molecule has 228 valence electrons. The maximum atomic E-state index is 13.4. The molecule has 0 radical (unpaired) electrons. The summed E-state index contributed by atoms with van der Waals surface area (Å²) in [5.41, 5.74) is 2.39. The first-order valence-corrected chi connectivity index (χ1v) is 14.8. The Morgan fingerprint density at radius 2 is 1.84 bits per heavy atom. The van der Waals surface area contributed by atoms with Gasteiger partial charge in [-0.05, 0) is 60.4 Å². The van der Waals surface area contributed by atoms with Gasteiger partial charge in [0.15, 0.2) is 0 Å². The highest BCUT2D eigenvalue weighted by molar-refractivity contribution is 5.95. The average Bonchev–Trinajstić information content (AvgIpc) is 3.34. The maximum absolute atomic E-state index is 13.4. The van der Waals surface area contributed by atoms with E-state index in [4.69, 9.17) is 4.74 Å². The average molecular weight is 597 g/mol. The van der Waals surface area contributed by atoms with Crippen LogP contribution in [0.25, 0.3) is 11.3 Å². The standard InChI is InChI=1S/C33H36N6O5/c1-21(2)27-10-11-28(37-36-27)23-6-8-26(9-7-23)44-29-17-24(4-5-25(29)19-39-18-22(3)16-30(39)40)31(41)35-33(20-34)12-14-38(15-13-33)32(42)43/h4-11,17,21-22H,12-16,18-19H2,1-3H3,(H,35,41)(H,42,43). The van der Waals surface area contributed by atoms with Gasteiger partial charge in [-0.2, -0.15) is 15.5 Å². The van der Waals surface area contributed by atoms with Gasteiger partial charge in [0, 0.05) is 62.1 Å². The van der Waals surface area contributed by atoms with Gasteiger partial charge in [-0.25, -0.2) is 4.79 Å². The SMILES string of the molecule is CC1CC(=O)N(Cc2ccc(C(=O)NC3(C#N)CCN(C(=O)O)CC3)cc2Oc2ccc(-c3ccc(C(C)C)nn3)cc2)C1. The zero-order chi connectivity index (χ0) is 31.4. The summed E-state index contributed by atoms with van der Waals surface area (Å²) in [6.45, 7) is 7.46. The predicted octanol–water partition coefficient (Wildman–Crippen LogP) is 5.19. The van der Waals surface area contributed by atoms with Gasteiger partial charge in [0.2, 0.25) is 5.91 Å². The second-order valence-electron chi connectivity index (χ2n) is 11.9. The molecule has 1 atom stereocenters. The number of piperidine rings is 1. The maximum Gasteiger partial charge on any atom is 0.407 e. The molecule has 5 rings (SSSR count). The van der Waals surface area contributed by atoms with Crippen LogP contribution in [-0.4, -0.2) is 68.2 Å². The number of hydrogen-bond acceptors (Lipinski definition) is 7. The van der Waals surface area contributed by atoms with Crippen LogP contribution >= 0.6 is 0 Å². The van der Waals surface area contributed by atoms with E-state index >= 15 is 0 Å². The van der Waals surface area contributed by atoms with Gasteiger partial charge in [0.25, 0.3) is 5.91 Å². The van der Waals surface area contributed by atoms with Crippen LogP contribution in [-0.2, 0) is 11.3 Å². The minimum atomic E-state index is -1.17. The Kier molecular flexibility index (Phi) is 8.81. The number of likely N-dealkylation sites (tertiary alicyclic amines) is 2. The van der Waals surface area contributed by atoms with Crippen LogP contribution in [0.3, 0.4) is 0 Å². The van der Waals surface area contributed by atoms with E-state index in [-0.39, 0.29) is 49.2 Å². The summed E-state index contributed by atoms with van der Waals surface area (Å²) in [5.74, 6) is 1.12. The van der Waals surface area contributed by atoms with Crippen molar-refractivity contribution in [2.45, 2.75) is 58.0 Å². The minimum absolute atomic E-state index is 0.0721. The summed E-state index contributed by atoms with van der Waals surface area (Å²) in [5, 5.41) is 30.7. The van der Waals surface area contributed by atoms with Crippen LogP contribution in [0.1, 0.15) is 67.6 Å². The lowest BCUT2D eigenvalue weighted by atomic mass is 9.88. The Bertz CT molecular complexity index is 1570. The quantitative estimate of drug-likeness (QED) is 0.361. The highest BCUT2D eigenvalue weighted by Crippen LogP contribution is 2.32. The molecular formula is C33H36N6O5. The van der Waals surface area contributed by atoms with Crippen molar-refractivity contribution in [1.29, 1.82) is 5.26 Å². The second kappa shape index (κ2) is 12.7. The summed E-state index contributed by atoms with van der Waals surface area (Å²) >= 11 is 0. The smallest absolute Gasteiger partial charge is 0.407 e. The summed E-state index contributed by atoms with van der Waals surface area (Å²) in [4.78, 5) is 40.3. The highest BCUT2D eigenvalue weighted by Gasteiger charge is 2.38. The highest BCUT2D eigenvalue weighted by atomic mass is 16.5. The molecule has 11 heteroatoms. The van der Waals surface area contributed by atoms with Crippen LogP contribution in [0.5, 0.6) is 11.5 Å². The van der Waals surface area contributed by atoms with Crippen molar-refractivity contribution in [3.8, 4) is 28.8 Å². The first-order valence-electron chi connectivity index (χ1n) is 14.8. The lowest BCUT2D eigenvalue weighted by Crippen LogP contribution is -2.55. The van der Waals surface area contributed by atoms with Crippen LogP contribution < -0.4 is 10.1 Å². The third-order valence-corrected chi connectivity index (χ3v) is 8.21. The summed E-state index contributed by atoms with van der Waals surface area (Å²) in [6, 6.07) is 18.5. The first-order chi connectivity index (χ1) is 21.1. The molecule has 3 aromatic rings. The predicted molar refractivity (Wildman–Crippen MR) is 162 cm³/mol. The zero-order valence-corrected chi connectivity index (χ0v) is 25.1. The molecule has 2 fully saturated rings. The normalized spacial score (nSPS) is 17.8. The van der Waals surface area contributed by atoms with E-state index in [1.54, 1.807) is 23.1 Å². The number of nitrogens with zero attached hydrogens (tertiary/aromatic N) is 5. The van der Waals surface area contributed by atoms with Crippen molar-refractivity contribution in [2.75, 3.05) is 19.6 Å². The topological polar surface area (TPSA) is 149 Å². The first kappa shape index (κ1) is 30.5. The number of carbonyl (C=O) groups excluding carboxylic acids is 2. The third-order valence-electron chi connectivity index (χ3n) is 8.21. The summed E-state index contributed by atoms with van der Waals surface area (Å²) in [7, 11) is 0. The van der Waals surface area contributed by atoms with Crippen molar-refractivity contribution >= 4 is 17.9 Å². The van der Waals surface area contributed by atoms with Gasteiger partial charge in [0.05, 0.1) is 17.5 Å². The Labute approximate surface area is 256 Å². The van der Waals surface area contributed by atoms with E-state index in [2.05, 4.69) is 35.4 Å². The molecule has 0 aliphatic carbocycles. The Hall–Kier alpha value is -4.98. The largest absolute Gasteiger partial charge is 0.465 e. The van der Waals surface area contributed by atoms with Crippen molar-refractivity contribution in [3.05, 3.63) is 71.4 Å². The number of nitriles is 1. The number of benzene rings is 2. The molecule has 2 aliphatic rings. The number of nitrogens with one attached hydrogen (secondary N) is 1. The van der Waals surface area contributed by atoms with Crippen molar-refractivity contribution < 1.29 is 24.2 Å². The molecule has 0 bridgehead atoms. The van der Waals surface area contributed by atoms with Gasteiger partial charge >= 0.3 is 6.09 Å². The molecule has 44 heavy (non-hydrogen) atoms. The van der Waals surface area contributed by atoms with Crippen LogP contribution in [0.2, 0.25) is 0 Å². The third kappa shape index (κ3) is 6.80. The molecule has 1 aromatic heterocycles. The molecule has 11 nitrogen and oxygen atoms in total. The van der Waals surface area contributed by atoms with Gasteiger partial charge in [-0.15, -0.1) is 0 Å². The molecule has 2 aliphatic heterocycles. The molecule has 1 unspecified atom stereocenters. The Morgan fingerprint density at radius 3 is 2.41 bits per heavy atom. The number of carboxylic acid groups (broad SMARTS) is 1. The van der Waals surface area contributed by atoms with Gasteiger partial charge in [0.1, 0.15) is 17.0 Å². The van der Waals surface area contributed by atoms with Crippen molar-refractivity contribution in [2.24, 2.45) is 5.92 Å². The number of hydrogen-bond donors (Lipinski definition) is 2. The monoisotopic (exact) mass is 596 g/mol. The molecule has 0 saturated carbocycles. The molecule has 0 spiro atoms. The van der Waals surface area contributed by atoms with Gasteiger partial charge in [-0.1, -0.05) is 26.8 Å². The number of aromatic nitrogens is 2. The van der Waals surface area contributed by atoms with Crippen molar-refractivity contribution in [1.82, 2.24) is 25.3 Å². The zero-order valence-electron chi connectivity index (χ0n) is 25.1. The lowest BCUT2D eigenvalue weighted by molar-refractivity contribution is -0.128. The fourth-order valence-corrected chi connectivity index (χ4v) is 5.51. The fraction of sp³-hybridized carbons (Fsp3) is 0.394. The molecular weight excluding hydrogens is 560 g/mol.